The van der Waals surface area contributed by atoms with Crippen molar-refractivity contribution in [3.05, 3.63) is 35.1 Å². The summed E-state index contributed by atoms with van der Waals surface area (Å²) in [6.07, 6.45) is -4.04. The van der Waals surface area contributed by atoms with Crippen molar-refractivity contribution in [1.29, 1.82) is 0 Å². The van der Waals surface area contributed by atoms with Gasteiger partial charge in [0.1, 0.15) is 11.6 Å². The highest BCUT2D eigenvalue weighted by atomic mass is 32.2. The Labute approximate surface area is 112 Å². The fourth-order valence-corrected chi connectivity index (χ4v) is 3.44. The van der Waals surface area contributed by atoms with Gasteiger partial charge in [-0.05, 0) is 37.1 Å². The molecular formula is C13H12F4OS. The molecule has 1 heterocycles. The summed E-state index contributed by atoms with van der Waals surface area (Å²) in [5, 5.41) is -0.292. The van der Waals surface area contributed by atoms with Crippen molar-refractivity contribution in [3.63, 3.8) is 0 Å². The molecule has 0 aliphatic carbocycles. The summed E-state index contributed by atoms with van der Waals surface area (Å²) in [5.41, 5.74) is -0.833. The average molecular weight is 292 g/mol. The minimum Gasteiger partial charge on any atom is -0.298 e. The van der Waals surface area contributed by atoms with Crippen LogP contribution in [-0.2, 0) is 17.4 Å². The van der Waals surface area contributed by atoms with Gasteiger partial charge in [-0.25, -0.2) is 4.39 Å². The van der Waals surface area contributed by atoms with Crippen LogP contribution in [0, 0.1) is 5.82 Å². The molecule has 0 spiro atoms. The maximum absolute atomic E-state index is 13.5. The van der Waals surface area contributed by atoms with E-state index < -0.39 is 17.6 Å². The zero-order valence-corrected chi connectivity index (χ0v) is 10.9. The smallest absolute Gasteiger partial charge is 0.298 e. The third-order valence-corrected chi connectivity index (χ3v) is 4.49. The SMILES string of the molecule is CC1SC(Cc2cc(C(F)(F)F)ccc2F)CC1=O. The van der Waals surface area contributed by atoms with Gasteiger partial charge in [0.05, 0.1) is 10.8 Å². The van der Waals surface area contributed by atoms with Crippen molar-refractivity contribution >= 4 is 17.5 Å². The van der Waals surface area contributed by atoms with E-state index in [4.69, 9.17) is 0 Å². The monoisotopic (exact) mass is 292 g/mol. The highest BCUT2D eigenvalue weighted by Crippen LogP contribution is 2.35. The molecule has 19 heavy (non-hydrogen) atoms. The Hall–Kier alpha value is -1.04. The summed E-state index contributed by atoms with van der Waals surface area (Å²) in [5.74, 6) is -0.581. The van der Waals surface area contributed by atoms with Crippen LogP contribution < -0.4 is 0 Å². The molecular weight excluding hydrogens is 280 g/mol. The van der Waals surface area contributed by atoms with Crippen LogP contribution in [0.3, 0.4) is 0 Å². The molecule has 6 heteroatoms. The van der Waals surface area contributed by atoms with E-state index in [1.807, 2.05) is 0 Å². The second kappa shape index (κ2) is 5.15. The fourth-order valence-electron chi connectivity index (χ4n) is 2.08. The lowest BCUT2D eigenvalue weighted by Crippen LogP contribution is -2.10. The van der Waals surface area contributed by atoms with Crippen LogP contribution in [0.15, 0.2) is 18.2 Å². The molecule has 1 fully saturated rings. The van der Waals surface area contributed by atoms with Gasteiger partial charge in [0.25, 0.3) is 0 Å². The lowest BCUT2D eigenvalue weighted by Gasteiger charge is -2.12. The molecule has 0 N–H and O–H groups in total. The number of Topliss-reactive ketones (excluding diaryl/α,β-unsaturated/α-hetero) is 1. The molecule has 0 bridgehead atoms. The lowest BCUT2D eigenvalue weighted by atomic mass is 10.0. The van der Waals surface area contributed by atoms with Gasteiger partial charge in [-0.15, -0.1) is 11.8 Å². The number of rotatable bonds is 2. The number of hydrogen-bond acceptors (Lipinski definition) is 2. The number of thioether (sulfide) groups is 1. The van der Waals surface area contributed by atoms with Gasteiger partial charge in [0.15, 0.2) is 0 Å². The number of carbonyl (C=O) groups is 1. The van der Waals surface area contributed by atoms with Gasteiger partial charge in [-0.2, -0.15) is 13.2 Å². The third kappa shape index (κ3) is 3.29. The first-order valence-corrected chi connectivity index (χ1v) is 6.75. The van der Waals surface area contributed by atoms with Gasteiger partial charge in [0, 0.05) is 11.7 Å². The van der Waals surface area contributed by atoms with E-state index >= 15 is 0 Å². The molecule has 2 unspecified atom stereocenters. The predicted octanol–water partition coefficient (Wildman–Crippen LogP) is 3.85. The van der Waals surface area contributed by atoms with Crippen LogP contribution in [0.4, 0.5) is 17.6 Å². The molecule has 0 saturated carbocycles. The Kier molecular flexibility index (Phi) is 3.90. The molecule has 0 aromatic heterocycles. The summed E-state index contributed by atoms with van der Waals surface area (Å²) < 4.78 is 51.2. The largest absolute Gasteiger partial charge is 0.416 e. The third-order valence-electron chi connectivity index (χ3n) is 3.10. The maximum atomic E-state index is 13.5. The zero-order valence-electron chi connectivity index (χ0n) is 10.1. The Morgan fingerprint density at radius 3 is 2.58 bits per heavy atom. The molecule has 1 saturated heterocycles. The van der Waals surface area contributed by atoms with Crippen LogP contribution in [0.5, 0.6) is 0 Å². The van der Waals surface area contributed by atoms with E-state index in [0.717, 1.165) is 18.2 Å². The molecule has 104 valence electrons. The molecule has 1 aromatic carbocycles. The molecule has 0 amide bonds. The summed E-state index contributed by atoms with van der Waals surface area (Å²) in [6, 6.07) is 2.40. The Morgan fingerprint density at radius 2 is 2.05 bits per heavy atom. The minimum absolute atomic E-state index is 0.0224. The molecule has 1 aromatic rings. The first-order chi connectivity index (χ1) is 8.77. The Morgan fingerprint density at radius 1 is 1.37 bits per heavy atom. The van der Waals surface area contributed by atoms with Crippen LogP contribution in [0.1, 0.15) is 24.5 Å². The van der Waals surface area contributed by atoms with Crippen LogP contribution in [0.2, 0.25) is 0 Å². The van der Waals surface area contributed by atoms with Gasteiger partial charge in [-0.3, -0.25) is 4.79 Å². The highest BCUT2D eigenvalue weighted by Gasteiger charge is 2.33. The first kappa shape index (κ1) is 14.4. The highest BCUT2D eigenvalue weighted by molar-refractivity contribution is 8.01. The van der Waals surface area contributed by atoms with Gasteiger partial charge in [0.2, 0.25) is 0 Å². The van der Waals surface area contributed by atoms with Crippen molar-refractivity contribution in [2.24, 2.45) is 0 Å². The van der Waals surface area contributed by atoms with E-state index in [2.05, 4.69) is 0 Å². The molecule has 1 nitrogen and oxygen atoms in total. The summed E-state index contributed by atoms with van der Waals surface area (Å²) in [6.45, 7) is 1.76. The van der Waals surface area contributed by atoms with E-state index in [9.17, 15) is 22.4 Å². The van der Waals surface area contributed by atoms with E-state index in [0.29, 0.717) is 6.42 Å². The second-order valence-corrected chi connectivity index (χ2v) is 6.22. The number of hydrogen-bond donors (Lipinski definition) is 0. The standard InChI is InChI=1S/C13H12F4OS/c1-7-12(18)6-10(19-7)5-8-4-9(13(15,16)17)2-3-11(8)14/h2-4,7,10H,5-6H2,1H3. The predicted molar refractivity (Wildman–Crippen MR) is 65.6 cm³/mol. The summed E-state index contributed by atoms with van der Waals surface area (Å²) >= 11 is 1.39. The van der Waals surface area contributed by atoms with Crippen LogP contribution >= 0.6 is 11.8 Å². The van der Waals surface area contributed by atoms with E-state index in [-0.39, 0.29) is 28.3 Å². The summed E-state index contributed by atoms with van der Waals surface area (Å²) in [7, 11) is 0. The maximum Gasteiger partial charge on any atom is 0.416 e. The normalized spacial score (nSPS) is 23.9. The van der Waals surface area contributed by atoms with Crippen molar-refractivity contribution in [3.8, 4) is 0 Å². The molecule has 2 atom stereocenters. The van der Waals surface area contributed by atoms with E-state index in [1.165, 1.54) is 11.8 Å². The average Bonchev–Trinajstić information content (AvgIpc) is 2.59. The summed E-state index contributed by atoms with van der Waals surface area (Å²) in [4.78, 5) is 11.4. The minimum atomic E-state index is -4.48. The molecule has 1 aliphatic rings. The number of ketones is 1. The quantitative estimate of drug-likeness (QED) is 0.770. The van der Waals surface area contributed by atoms with Crippen molar-refractivity contribution in [1.82, 2.24) is 0 Å². The Bertz CT molecular complexity index is 498. The zero-order chi connectivity index (χ0) is 14.2. The van der Waals surface area contributed by atoms with Crippen molar-refractivity contribution < 1.29 is 22.4 Å². The van der Waals surface area contributed by atoms with Gasteiger partial charge < -0.3 is 0 Å². The molecule has 2 rings (SSSR count). The van der Waals surface area contributed by atoms with Crippen molar-refractivity contribution in [2.45, 2.75) is 36.4 Å². The molecule has 1 aliphatic heterocycles. The fraction of sp³-hybridized carbons (Fsp3) is 0.462. The molecule has 0 radical (unpaired) electrons. The van der Waals surface area contributed by atoms with Crippen LogP contribution in [0.25, 0.3) is 0 Å². The van der Waals surface area contributed by atoms with E-state index in [1.54, 1.807) is 6.92 Å². The lowest BCUT2D eigenvalue weighted by molar-refractivity contribution is -0.137. The number of alkyl halides is 3. The second-order valence-electron chi connectivity index (χ2n) is 4.58. The van der Waals surface area contributed by atoms with Gasteiger partial charge >= 0.3 is 6.18 Å². The number of carbonyl (C=O) groups excluding carboxylic acids is 1. The Balaban J connectivity index is 2.18. The number of halogens is 4. The van der Waals surface area contributed by atoms with Crippen LogP contribution in [-0.4, -0.2) is 16.3 Å². The van der Waals surface area contributed by atoms with Crippen molar-refractivity contribution in [2.75, 3.05) is 0 Å². The topological polar surface area (TPSA) is 17.1 Å². The number of benzene rings is 1. The van der Waals surface area contributed by atoms with Gasteiger partial charge in [-0.1, -0.05) is 0 Å². The first-order valence-electron chi connectivity index (χ1n) is 5.81.